The number of benzene rings is 1. The van der Waals surface area contributed by atoms with Crippen LogP contribution >= 0.6 is 0 Å². The molecule has 4 heterocycles. The maximum absolute atomic E-state index is 13.5. The second-order valence-corrected chi connectivity index (χ2v) is 7.82. The number of alkyl halides is 2. The van der Waals surface area contributed by atoms with E-state index in [1.54, 1.807) is 12.1 Å². The second kappa shape index (κ2) is 8.79. The molecule has 0 aliphatic carbocycles. The predicted molar refractivity (Wildman–Crippen MR) is 113 cm³/mol. The zero-order chi connectivity index (χ0) is 22.1. The van der Waals surface area contributed by atoms with Gasteiger partial charge < -0.3 is 14.1 Å². The van der Waals surface area contributed by atoms with Crippen LogP contribution in [0.4, 0.5) is 30.8 Å². The highest BCUT2D eigenvalue weighted by Crippen LogP contribution is 2.29. The number of rotatable bonds is 6. The van der Waals surface area contributed by atoms with Gasteiger partial charge in [0.1, 0.15) is 17.5 Å². The number of nitrogens with one attached hydrogen (secondary N) is 1. The van der Waals surface area contributed by atoms with Crippen LogP contribution in [0, 0.1) is 5.82 Å². The number of oxazole rings is 1. The summed E-state index contributed by atoms with van der Waals surface area (Å²) in [6.07, 6.45) is -1.20. The normalized spacial score (nSPS) is 17.6. The Morgan fingerprint density at radius 1 is 1.06 bits per heavy atom. The molecule has 0 saturated carbocycles. The maximum Gasteiger partial charge on any atom is 0.300 e. The van der Waals surface area contributed by atoms with Crippen LogP contribution in [0.15, 0.2) is 47.0 Å². The highest BCUT2D eigenvalue weighted by Gasteiger charge is 2.29. The minimum Gasteiger partial charge on any atom is -0.423 e. The molecule has 0 unspecified atom stereocenters. The number of hydrogen-bond acceptors (Lipinski definition) is 7. The topological polar surface area (TPSA) is 66.7 Å². The maximum atomic E-state index is 13.5. The number of hydrogen-bond donors (Lipinski definition) is 1. The molecule has 168 valence electrons. The molecule has 0 amide bonds. The van der Waals surface area contributed by atoms with Gasteiger partial charge in [-0.15, -0.1) is 0 Å². The highest BCUT2D eigenvalue weighted by molar-refractivity contribution is 5.60. The van der Waals surface area contributed by atoms with Crippen molar-refractivity contribution in [3.05, 3.63) is 54.0 Å². The Hall–Kier alpha value is -3.11. The van der Waals surface area contributed by atoms with Crippen molar-refractivity contribution in [2.75, 3.05) is 49.6 Å². The first-order valence-corrected chi connectivity index (χ1v) is 10.4. The molecule has 2 aromatic heterocycles. The standard InChI is InChI=1S/C22H22F3N5O2/c23-16-3-1-2-14(8-16)18-11-26-22(32-18)28-19-9-15(21(24)25)10-20(27-19)30-6-4-29(5-7-30)17-12-31-13-17/h1-3,8-11,17,21H,4-7,12-13H2,(H,26,27,28). The fourth-order valence-electron chi connectivity index (χ4n) is 3.86. The van der Waals surface area contributed by atoms with Gasteiger partial charge in [0.25, 0.3) is 6.43 Å². The first kappa shape index (κ1) is 20.8. The van der Waals surface area contributed by atoms with Crippen LogP contribution in [0.1, 0.15) is 12.0 Å². The van der Waals surface area contributed by atoms with Crippen molar-refractivity contribution < 1.29 is 22.3 Å². The molecule has 0 radical (unpaired) electrons. The van der Waals surface area contributed by atoms with Gasteiger partial charge in [-0.25, -0.2) is 23.1 Å². The van der Waals surface area contributed by atoms with Gasteiger partial charge >= 0.3 is 6.01 Å². The van der Waals surface area contributed by atoms with Gasteiger partial charge in [0.05, 0.1) is 25.5 Å². The Kier molecular flexibility index (Phi) is 5.71. The minimum absolute atomic E-state index is 0.0870. The van der Waals surface area contributed by atoms with Crippen LogP contribution in [0.25, 0.3) is 11.3 Å². The van der Waals surface area contributed by atoms with Crippen LogP contribution in [-0.4, -0.2) is 60.3 Å². The van der Waals surface area contributed by atoms with Crippen LogP contribution < -0.4 is 10.2 Å². The SMILES string of the molecule is Fc1cccc(-c2cnc(Nc3cc(C(F)F)cc(N4CCN(C5COC5)CC4)n3)o2)c1. The molecule has 3 aromatic rings. The number of nitrogens with zero attached hydrogens (tertiary/aromatic N) is 4. The first-order valence-electron chi connectivity index (χ1n) is 10.4. The van der Waals surface area contributed by atoms with E-state index in [0.29, 0.717) is 36.3 Å². The summed E-state index contributed by atoms with van der Waals surface area (Å²) in [6.45, 7) is 4.54. The summed E-state index contributed by atoms with van der Waals surface area (Å²) in [7, 11) is 0. The van der Waals surface area contributed by atoms with Crippen molar-refractivity contribution in [2.45, 2.75) is 12.5 Å². The van der Waals surface area contributed by atoms with Gasteiger partial charge in [-0.2, -0.15) is 0 Å². The van der Waals surface area contributed by atoms with Gasteiger partial charge in [0, 0.05) is 37.3 Å². The third-order valence-corrected chi connectivity index (χ3v) is 5.71. The van der Waals surface area contributed by atoms with Gasteiger partial charge in [0.15, 0.2) is 5.76 Å². The zero-order valence-electron chi connectivity index (χ0n) is 17.2. The van der Waals surface area contributed by atoms with Crippen molar-refractivity contribution in [1.29, 1.82) is 0 Å². The van der Waals surface area contributed by atoms with E-state index in [-0.39, 0.29) is 17.4 Å². The Morgan fingerprint density at radius 2 is 1.88 bits per heavy atom. The fraction of sp³-hybridized carbons (Fsp3) is 0.364. The van der Waals surface area contributed by atoms with E-state index >= 15 is 0 Å². The molecule has 2 aliphatic rings. The lowest BCUT2D eigenvalue weighted by atomic mass is 10.1. The molecule has 2 aliphatic heterocycles. The lowest BCUT2D eigenvalue weighted by molar-refractivity contribution is -0.0661. The van der Waals surface area contributed by atoms with Gasteiger partial charge in [0.2, 0.25) is 0 Å². The first-order chi connectivity index (χ1) is 15.5. The molecular formula is C22H22F3N5O2. The monoisotopic (exact) mass is 445 g/mol. The van der Waals surface area contributed by atoms with Crippen LogP contribution in [0.3, 0.4) is 0 Å². The third kappa shape index (κ3) is 4.42. The van der Waals surface area contributed by atoms with E-state index in [2.05, 4.69) is 20.2 Å². The van der Waals surface area contributed by atoms with Crippen molar-refractivity contribution in [1.82, 2.24) is 14.9 Å². The summed E-state index contributed by atoms with van der Waals surface area (Å²) in [5.74, 6) is 0.648. The van der Waals surface area contributed by atoms with E-state index in [0.717, 1.165) is 26.3 Å². The molecule has 2 fully saturated rings. The Bertz CT molecular complexity index is 1080. The zero-order valence-corrected chi connectivity index (χ0v) is 17.2. The summed E-state index contributed by atoms with van der Waals surface area (Å²) >= 11 is 0. The quantitative estimate of drug-likeness (QED) is 0.613. The third-order valence-electron chi connectivity index (χ3n) is 5.71. The fourth-order valence-corrected chi connectivity index (χ4v) is 3.86. The summed E-state index contributed by atoms with van der Waals surface area (Å²) in [6, 6.07) is 9.16. The minimum atomic E-state index is -2.64. The van der Waals surface area contributed by atoms with Gasteiger partial charge in [-0.05, 0) is 24.3 Å². The lowest BCUT2D eigenvalue weighted by Gasteiger charge is -2.42. The molecule has 1 N–H and O–H groups in total. The van der Waals surface area contributed by atoms with Gasteiger partial charge in [-0.3, -0.25) is 10.2 Å². The largest absolute Gasteiger partial charge is 0.423 e. The molecule has 2 saturated heterocycles. The Labute approximate surface area is 182 Å². The van der Waals surface area contributed by atoms with E-state index in [1.165, 1.54) is 30.5 Å². The Morgan fingerprint density at radius 3 is 2.56 bits per heavy atom. The van der Waals surface area contributed by atoms with E-state index < -0.39 is 12.2 Å². The highest BCUT2D eigenvalue weighted by atomic mass is 19.3. The van der Waals surface area contributed by atoms with E-state index in [9.17, 15) is 13.2 Å². The summed E-state index contributed by atoms with van der Waals surface area (Å²) in [4.78, 5) is 13.0. The molecule has 10 heteroatoms. The molecule has 5 rings (SSSR count). The molecule has 0 bridgehead atoms. The number of pyridine rings is 1. The Balaban J connectivity index is 1.33. The molecule has 0 spiro atoms. The van der Waals surface area contributed by atoms with Crippen LogP contribution in [0.2, 0.25) is 0 Å². The number of piperazine rings is 1. The van der Waals surface area contributed by atoms with Crippen molar-refractivity contribution in [3.63, 3.8) is 0 Å². The molecule has 1 aromatic carbocycles. The summed E-state index contributed by atoms with van der Waals surface area (Å²) in [5.41, 5.74) is 0.388. The van der Waals surface area contributed by atoms with Crippen LogP contribution in [0.5, 0.6) is 0 Å². The molecular weight excluding hydrogens is 423 g/mol. The molecule has 32 heavy (non-hydrogen) atoms. The molecule has 7 nitrogen and oxygen atoms in total. The van der Waals surface area contributed by atoms with E-state index in [4.69, 9.17) is 9.15 Å². The number of anilines is 3. The smallest absolute Gasteiger partial charge is 0.300 e. The number of halogens is 3. The number of aromatic nitrogens is 2. The average Bonchev–Trinajstić information content (AvgIpc) is 3.21. The van der Waals surface area contributed by atoms with Crippen LogP contribution in [-0.2, 0) is 4.74 Å². The average molecular weight is 445 g/mol. The summed E-state index contributed by atoms with van der Waals surface area (Å²) in [5, 5.41) is 2.86. The van der Waals surface area contributed by atoms with Gasteiger partial charge in [-0.1, -0.05) is 12.1 Å². The predicted octanol–water partition coefficient (Wildman–Crippen LogP) is 4.08. The second-order valence-electron chi connectivity index (χ2n) is 7.82. The van der Waals surface area contributed by atoms with E-state index in [1.807, 2.05) is 4.90 Å². The molecule has 0 atom stereocenters. The van der Waals surface area contributed by atoms with Crippen molar-refractivity contribution in [3.8, 4) is 11.3 Å². The number of ether oxygens (including phenoxy) is 1. The lowest BCUT2D eigenvalue weighted by Crippen LogP contribution is -2.56. The summed E-state index contributed by atoms with van der Waals surface area (Å²) < 4.78 is 51.4. The van der Waals surface area contributed by atoms with Crippen molar-refractivity contribution in [2.24, 2.45) is 0 Å². The van der Waals surface area contributed by atoms with Crippen molar-refractivity contribution >= 4 is 17.7 Å².